The molecule has 3 rings (SSSR count). The maximum atomic E-state index is 12.6. The predicted molar refractivity (Wildman–Crippen MR) is 126 cm³/mol. The molecule has 0 radical (unpaired) electrons. The second-order valence-corrected chi connectivity index (χ2v) is 6.56. The molecule has 0 saturated carbocycles. The number of aromatic nitrogens is 2. The summed E-state index contributed by atoms with van der Waals surface area (Å²) in [6, 6.07) is 11.4. The highest BCUT2D eigenvalue weighted by Crippen LogP contribution is 2.19. The van der Waals surface area contributed by atoms with Gasteiger partial charge in [-0.3, -0.25) is 4.79 Å². The Morgan fingerprint density at radius 1 is 1.19 bits per heavy atom. The number of pyridine rings is 1. The van der Waals surface area contributed by atoms with Crippen LogP contribution in [0.1, 0.15) is 49.2 Å². The van der Waals surface area contributed by atoms with Crippen LogP contribution in [0.3, 0.4) is 0 Å². The maximum absolute atomic E-state index is 12.6. The number of nitrogens with zero attached hydrogens (tertiary/aromatic N) is 2. The second-order valence-electron chi connectivity index (χ2n) is 4.88. The number of nitrogens with one attached hydrogen (secondary N) is 1. The van der Waals surface area contributed by atoms with E-state index >= 15 is 0 Å². The van der Waals surface area contributed by atoms with Crippen LogP contribution in [-0.4, -0.2) is 15.5 Å². The third-order valence-electron chi connectivity index (χ3n) is 3.39. The van der Waals surface area contributed by atoms with Crippen molar-refractivity contribution in [3.05, 3.63) is 65.5 Å². The van der Waals surface area contributed by atoms with Crippen LogP contribution < -0.4 is 5.32 Å². The Balaban J connectivity index is 0.000000855. The molecule has 0 aliphatic rings. The summed E-state index contributed by atoms with van der Waals surface area (Å²) in [4.78, 5) is 12.6. The maximum Gasteiger partial charge on any atom is 0.259 e. The van der Waals surface area contributed by atoms with E-state index in [9.17, 15) is 4.79 Å². The van der Waals surface area contributed by atoms with Crippen molar-refractivity contribution in [1.82, 2.24) is 9.61 Å². The summed E-state index contributed by atoms with van der Waals surface area (Å²) in [5.74, 6) is 2.86. The summed E-state index contributed by atoms with van der Waals surface area (Å²) >= 11 is 2.13. The molecule has 4 nitrogen and oxygen atoms in total. The normalized spacial score (nSPS) is 9.11. The lowest BCUT2D eigenvalue weighted by Crippen LogP contribution is -2.12. The SMILES string of the molecule is CC.CC.Cc1ccc(C#CSI)cc1NC(=O)c1cnn2ccccc12. The van der Waals surface area contributed by atoms with Crippen LogP contribution >= 0.6 is 30.1 Å². The smallest absolute Gasteiger partial charge is 0.259 e. The molecule has 0 unspecified atom stereocenters. The quantitative estimate of drug-likeness (QED) is 0.335. The van der Waals surface area contributed by atoms with Crippen LogP contribution in [0.4, 0.5) is 5.69 Å². The highest BCUT2D eigenvalue weighted by molar-refractivity contribution is 14.2. The summed E-state index contributed by atoms with van der Waals surface area (Å²) in [6.45, 7) is 9.95. The molecule has 0 aliphatic heterocycles. The molecule has 0 bridgehead atoms. The first-order chi connectivity index (χ1) is 13.2. The van der Waals surface area contributed by atoms with Gasteiger partial charge in [-0.25, -0.2) is 4.52 Å². The van der Waals surface area contributed by atoms with Gasteiger partial charge >= 0.3 is 0 Å². The number of carbonyl (C=O) groups excluding carboxylic acids is 1. The van der Waals surface area contributed by atoms with Gasteiger partial charge in [0.15, 0.2) is 0 Å². The van der Waals surface area contributed by atoms with Crippen molar-refractivity contribution in [2.75, 3.05) is 5.32 Å². The first-order valence-corrected chi connectivity index (χ1v) is 12.2. The summed E-state index contributed by atoms with van der Waals surface area (Å²) in [5, 5.41) is 10.1. The number of benzene rings is 1. The van der Waals surface area contributed by atoms with Gasteiger partial charge in [-0.15, -0.1) is 0 Å². The van der Waals surface area contributed by atoms with Gasteiger partial charge in [0.05, 0.1) is 17.3 Å². The van der Waals surface area contributed by atoms with Crippen molar-refractivity contribution in [2.45, 2.75) is 34.6 Å². The Morgan fingerprint density at radius 2 is 1.93 bits per heavy atom. The largest absolute Gasteiger partial charge is 0.322 e. The molecule has 0 aliphatic carbocycles. The van der Waals surface area contributed by atoms with Gasteiger partial charge in [0.2, 0.25) is 0 Å². The van der Waals surface area contributed by atoms with E-state index in [-0.39, 0.29) is 5.91 Å². The minimum absolute atomic E-state index is 0.178. The van der Waals surface area contributed by atoms with Crippen LogP contribution in [0, 0.1) is 18.1 Å². The molecule has 1 N–H and O–H groups in total. The van der Waals surface area contributed by atoms with Gasteiger partial charge in [-0.05, 0) is 50.9 Å². The van der Waals surface area contributed by atoms with Gasteiger partial charge in [-0.1, -0.05) is 45.7 Å². The molecule has 27 heavy (non-hydrogen) atoms. The molecule has 0 atom stereocenters. The first kappa shape index (κ1) is 23.1. The van der Waals surface area contributed by atoms with E-state index in [0.29, 0.717) is 5.56 Å². The number of fused-ring (bicyclic) bond motifs is 1. The first-order valence-electron chi connectivity index (χ1n) is 8.82. The van der Waals surface area contributed by atoms with Gasteiger partial charge < -0.3 is 5.32 Å². The van der Waals surface area contributed by atoms with Crippen molar-refractivity contribution < 1.29 is 4.79 Å². The number of hydrogen-bond acceptors (Lipinski definition) is 3. The summed E-state index contributed by atoms with van der Waals surface area (Å²) in [5.41, 5.74) is 3.94. The van der Waals surface area contributed by atoms with Crippen LogP contribution in [-0.2, 0) is 0 Å². The van der Waals surface area contributed by atoms with Crippen LogP contribution in [0.15, 0.2) is 48.8 Å². The van der Waals surface area contributed by atoms with Crippen molar-refractivity contribution in [3.8, 4) is 11.2 Å². The predicted octanol–water partition coefficient (Wildman–Crippen LogP) is 6.34. The number of carbonyl (C=O) groups is 1. The summed E-state index contributed by atoms with van der Waals surface area (Å²) < 4.78 is 1.68. The highest BCUT2D eigenvalue weighted by Gasteiger charge is 2.13. The van der Waals surface area contributed by atoms with Gasteiger partial charge in [0.1, 0.15) is 0 Å². The Morgan fingerprint density at radius 3 is 2.63 bits per heavy atom. The van der Waals surface area contributed by atoms with Gasteiger partial charge in [0.25, 0.3) is 5.91 Å². The van der Waals surface area contributed by atoms with E-state index in [1.807, 2.05) is 77.2 Å². The van der Waals surface area contributed by atoms with E-state index < -0.39 is 0 Å². The fourth-order valence-corrected chi connectivity index (χ4v) is 2.70. The minimum Gasteiger partial charge on any atom is -0.322 e. The third kappa shape index (κ3) is 6.29. The monoisotopic (exact) mass is 493 g/mol. The van der Waals surface area contributed by atoms with Crippen molar-refractivity contribution in [2.24, 2.45) is 0 Å². The van der Waals surface area contributed by atoms with Crippen molar-refractivity contribution in [3.63, 3.8) is 0 Å². The van der Waals surface area contributed by atoms with Crippen LogP contribution in [0.25, 0.3) is 5.52 Å². The van der Waals surface area contributed by atoms with E-state index in [4.69, 9.17) is 0 Å². The zero-order valence-electron chi connectivity index (χ0n) is 16.2. The summed E-state index contributed by atoms with van der Waals surface area (Å²) in [7, 11) is 1.43. The molecule has 2 heterocycles. The minimum atomic E-state index is -0.178. The second kappa shape index (κ2) is 12.4. The van der Waals surface area contributed by atoms with E-state index in [0.717, 1.165) is 22.3 Å². The van der Waals surface area contributed by atoms with Gasteiger partial charge in [-0.2, -0.15) is 5.10 Å². The standard InChI is InChI=1S/C17H12IN3OS.2C2H6/c1-12-5-6-13(7-9-23-18)10-15(12)20-17(22)14-11-19-21-8-3-2-4-16(14)21;2*1-2/h2-6,8,10-11H,1H3,(H,20,22);2*1-2H3. The Hall–Kier alpha value is -1.98. The number of aryl methyl sites for hydroxylation is 1. The van der Waals surface area contributed by atoms with E-state index in [1.165, 1.54) is 8.93 Å². The molecule has 0 fully saturated rings. The fraction of sp³-hybridized carbons (Fsp3) is 0.238. The molecular formula is C21H24IN3OS. The lowest BCUT2D eigenvalue weighted by molar-refractivity contribution is 0.102. The number of hydrogen-bond donors (Lipinski definition) is 1. The molecule has 2 aromatic heterocycles. The number of amides is 1. The average Bonchev–Trinajstić information content (AvgIpc) is 3.16. The fourth-order valence-electron chi connectivity index (χ4n) is 2.21. The number of rotatable bonds is 2. The molecule has 1 amide bonds. The Bertz CT molecular complexity index is 941. The lowest BCUT2D eigenvalue weighted by atomic mass is 10.1. The Kier molecular flexibility index (Phi) is 10.6. The average molecular weight is 493 g/mol. The number of anilines is 1. The molecular weight excluding hydrogens is 469 g/mol. The lowest BCUT2D eigenvalue weighted by Gasteiger charge is -2.08. The molecule has 3 aromatic rings. The Labute approximate surface area is 177 Å². The topological polar surface area (TPSA) is 46.4 Å². The molecule has 6 heteroatoms. The van der Waals surface area contributed by atoms with Crippen molar-refractivity contribution >= 4 is 47.2 Å². The number of halogens is 1. The van der Waals surface area contributed by atoms with Gasteiger partial charge in [0, 0.05) is 38.7 Å². The third-order valence-corrected chi connectivity index (χ3v) is 4.23. The summed E-state index contributed by atoms with van der Waals surface area (Å²) in [6.07, 6.45) is 3.39. The van der Waals surface area contributed by atoms with E-state index in [1.54, 1.807) is 10.7 Å². The molecule has 142 valence electrons. The molecule has 0 spiro atoms. The molecule has 0 saturated heterocycles. The van der Waals surface area contributed by atoms with Crippen molar-refractivity contribution in [1.29, 1.82) is 0 Å². The zero-order chi connectivity index (χ0) is 20.2. The van der Waals surface area contributed by atoms with Crippen LogP contribution in [0.2, 0.25) is 0 Å². The van der Waals surface area contributed by atoms with E-state index in [2.05, 4.69) is 42.8 Å². The van der Waals surface area contributed by atoms with Crippen LogP contribution in [0.5, 0.6) is 0 Å². The molecule has 1 aromatic carbocycles. The zero-order valence-corrected chi connectivity index (χ0v) is 19.2. The highest BCUT2D eigenvalue weighted by atomic mass is 127.